The maximum absolute atomic E-state index is 13.0. The van der Waals surface area contributed by atoms with Crippen LogP contribution in [-0.4, -0.2) is 24.1 Å². The second-order valence-electron chi connectivity index (χ2n) is 4.59. The SMILES string of the molecule is O=S(=O)(Cl)c1ccc(N=S2(=O)CCCC2)c(C(F)(F)F)c1. The topological polar surface area (TPSA) is 63.6 Å². The Kier molecular flexibility index (Phi) is 4.29. The Hall–Kier alpha value is -0.800. The van der Waals surface area contributed by atoms with E-state index in [1.807, 2.05) is 0 Å². The fourth-order valence-corrected chi connectivity index (χ4v) is 4.99. The van der Waals surface area contributed by atoms with Gasteiger partial charge in [0.25, 0.3) is 9.05 Å². The minimum atomic E-state index is -4.81. The summed E-state index contributed by atoms with van der Waals surface area (Å²) in [5, 5.41) is 0. The van der Waals surface area contributed by atoms with Crippen LogP contribution in [0, 0.1) is 0 Å². The quantitative estimate of drug-likeness (QED) is 0.757. The summed E-state index contributed by atoms with van der Waals surface area (Å²) < 4.78 is 77.3. The second kappa shape index (κ2) is 5.44. The lowest BCUT2D eigenvalue weighted by molar-refractivity contribution is -0.137. The molecule has 0 aromatic heterocycles. The molecule has 1 aliphatic rings. The van der Waals surface area contributed by atoms with E-state index < -0.39 is 41.1 Å². The molecule has 118 valence electrons. The first kappa shape index (κ1) is 16.6. The van der Waals surface area contributed by atoms with E-state index in [1.165, 1.54) is 0 Å². The summed E-state index contributed by atoms with van der Waals surface area (Å²) in [5.41, 5.74) is -1.77. The van der Waals surface area contributed by atoms with E-state index in [1.54, 1.807) is 0 Å². The fourth-order valence-electron chi connectivity index (χ4n) is 2.00. The zero-order chi connectivity index (χ0) is 15.9. The molecule has 0 amide bonds. The van der Waals surface area contributed by atoms with Gasteiger partial charge >= 0.3 is 6.18 Å². The van der Waals surface area contributed by atoms with Crippen LogP contribution in [-0.2, 0) is 25.0 Å². The van der Waals surface area contributed by atoms with Crippen molar-refractivity contribution in [2.75, 3.05) is 11.5 Å². The number of benzene rings is 1. The molecule has 0 atom stereocenters. The molecule has 0 spiro atoms. The van der Waals surface area contributed by atoms with E-state index in [-0.39, 0.29) is 11.5 Å². The number of hydrogen-bond donors (Lipinski definition) is 0. The molecule has 1 aliphatic heterocycles. The van der Waals surface area contributed by atoms with Crippen molar-refractivity contribution in [2.24, 2.45) is 4.36 Å². The van der Waals surface area contributed by atoms with E-state index in [9.17, 15) is 25.8 Å². The minimum absolute atomic E-state index is 0.250. The van der Waals surface area contributed by atoms with Crippen molar-refractivity contribution < 1.29 is 25.8 Å². The Labute approximate surface area is 124 Å². The minimum Gasteiger partial charge on any atom is -0.249 e. The number of alkyl halides is 3. The first-order valence-corrected chi connectivity index (χ1v) is 10.1. The molecule has 2 rings (SSSR count). The zero-order valence-electron chi connectivity index (χ0n) is 10.6. The highest BCUT2D eigenvalue weighted by Gasteiger charge is 2.35. The van der Waals surface area contributed by atoms with Crippen molar-refractivity contribution in [3.8, 4) is 0 Å². The molecule has 1 aromatic rings. The van der Waals surface area contributed by atoms with Gasteiger partial charge in [-0.05, 0) is 31.0 Å². The lowest BCUT2D eigenvalue weighted by Crippen LogP contribution is -2.08. The van der Waals surface area contributed by atoms with Gasteiger partial charge in [0.15, 0.2) is 0 Å². The third kappa shape index (κ3) is 3.89. The molecule has 1 aromatic carbocycles. The van der Waals surface area contributed by atoms with Crippen LogP contribution in [0.1, 0.15) is 18.4 Å². The van der Waals surface area contributed by atoms with Gasteiger partial charge in [-0.1, -0.05) is 0 Å². The smallest absolute Gasteiger partial charge is 0.249 e. The zero-order valence-corrected chi connectivity index (χ0v) is 12.9. The molecule has 0 unspecified atom stereocenters. The van der Waals surface area contributed by atoms with Gasteiger partial charge in [-0.2, -0.15) is 17.5 Å². The molecule has 0 aliphatic carbocycles. The third-order valence-electron chi connectivity index (χ3n) is 3.00. The molecule has 4 nitrogen and oxygen atoms in total. The Bertz CT molecular complexity index is 768. The summed E-state index contributed by atoms with van der Waals surface area (Å²) in [7, 11) is -1.93. The van der Waals surface area contributed by atoms with Crippen LogP contribution in [0.5, 0.6) is 0 Å². The van der Waals surface area contributed by atoms with Crippen molar-refractivity contribution in [3.05, 3.63) is 23.8 Å². The molecule has 0 N–H and O–H groups in total. The molecule has 1 fully saturated rings. The van der Waals surface area contributed by atoms with E-state index in [2.05, 4.69) is 4.36 Å². The monoisotopic (exact) mass is 361 g/mol. The Morgan fingerprint density at radius 3 is 2.24 bits per heavy atom. The summed E-state index contributed by atoms with van der Waals surface area (Å²) in [4.78, 5) is -0.670. The Balaban J connectivity index is 2.65. The summed E-state index contributed by atoms with van der Waals surface area (Å²) in [6, 6.07) is 2.23. The van der Waals surface area contributed by atoms with Gasteiger partial charge in [0.05, 0.1) is 25.9 Å². The molecular weight excluding hydrogens is 351 g/mol. The number of nitrogens with zero attached hydrogens (tertiary/aromatic N) is 1. The highest BCUT2D eigenvalue weighted by Crippen LogP contribution is 2.39. The summed E-state index contributed by atoms with van der Waals surface area (Å²) in [6.07, 6.45) is -3.51. The van der Waals surface area contributed by atoms with Gasteiger partial charge in [-0.15, -0.1) is 0 Å². The van der Waals surface area contributed by atoms with Crippen LogP contribution >= 0.6 is 10.7 Å². The van der Waals surface area contributed by atoms with Crippen molar-refractivity contribution in [3.63, 3.8) is 0 Å². The average Bonchev–Trinajstić information content (AvgIpc) is 2.73. The van der Waals surface area contributed by atoms with Crippen molar-refractivity contribution >= 4 is 35.1 Å². The first-order valence-electron chi connectivity index (χ1n) is 5.90. The predicted octanol–water partition coefficient (Wildman–Crippen LogP) is 3.53. The lowest BCUT2D eigenvalue weighted by atomic mass is 10.2. The van der Waals surface area contributed by atoms with Crippen molar-refractivity contribution in [1.29, 1.82) is 0 Å². The normalized spacial score (nSPS) is 18.7. The van der Waals surface area contributed by atoms with Gasteiger partial charge in [-0.3, -0.25) is 0 Å². The highest BCUT2D eigenvalue weighted by molar-refractivity contribution is 8.13. The summed E-state index contributed by atoms with van der Waals surface area (Å²) in [6.45, 7) is 0. The highest BCUT2D eigenvalue weighted by atomic mass is 35.7. The average molecular weight is 362 g/mol. The summed E-state index contributed by atoms with van der Waals surface area (Å²) in [5.74, 6) is 0.500. The van der Waals surface area contributed by atoms with Crippen LogP contribution in [0.15, 0.2) is 27.5 Å². The van der Waals surface area contributed by atoms with Crippen LogP contribution in [0.25, 0.3) is 0 Å². The number of hydrogen-bond acceptors (Lipinski definition) is 4. The van der Waals surface area contributed by atoms with Crippen LogP contribution in [0.4, 0.5) is 18.9 Å². The lowest BCUT2D eigenvalue weighted by Gasteiger charge is -2.12. The Morgan fingerprint density at radius 2 is 1.76 bits per heavy atom. The molecule has 10 heteroatoms. The maximum Gasteiger partial charge on any atom is 0.418 e. The molecule has 1 heterocycles. The van der Waals surface area contributed by atoms with Gasteiger partial charge in [-0.25, -0.2) is 12.6 Å². The molecule has 21 heavy (non-hydrogen) atoms. The van der Waals surface area contributed by atoms with Crippen molar-refractivity contribution in [2.45, 2.75) is 23.9 Å². The van der Waals surface area contributed by atoms with E-state index in [0.717, 1.165) is 12.1 Å². The largest absolute Gasteiger partial charge is 0.418 e. The Morgan fingerprint density at radius 1 is 1.19 bits per heavy atom. The van der Waals surface area contributed by atoms with Crippen LogP contribution in [0.3, 0.4) is 0 Å². The standard InChI is InChI=1S/C11H11ClF3NO3S2/c12-21(18,19)8-3-4-10(9(7-8)11(13,14)15)16-20(17)5-1-2-6-20/h3-4,7H,1-2,5-6H2. The van der Waals surface area contributed by atoms with E-state index >= 15 is 0 Å². The van der Waals surface area contributed by atoms with Gasteiger partial charge in [0, 0.05) is 22.2 Å². The maximum atomic E-state index is 13.0. The predicted molar refractivity (Wildman–Crippen MR) is 73.7 cm³/mol. The molecular formula is C11H11ClF3NO3S2. The van der Waals surface area contributed by atoms with Gasteiger partial charge in [0.2, 0.25) is 0 Å². The fraction of sp³-hybridized carbons (Fsp3) is 0.455. The molecule has 0 bridgehead atoms. The number of halogens is 4. The molecule has 1 saturated heterocycles. The van der Waals surface area contributed by atoms with Gasteiger partial charge in [0.1, 0.15) is 0 Å². The van der Waals surface area contributed by atoms with Crippen molar-refractivity contribution in [1.82, 2.24) is 0 Å². The second-order valence-corrected chi connectivity index (χ2v) is 9.70. The molecule has 0 radical (unpaired) electrons. The van der Waals surface area contributed by atoms with Crippen LogP contribution in [0.2, 0.25) is 0 Å². The molecule has 0 saturated carbocycles. The van der Waals surface area contributed by atoms with Gasteiger partial charge < -0.3 is 0 Å². The third-order valence-corrected chi connectivity index (χ3v) is 6.73. The van der Waals surface area contributed by atoms with E-state index in [0.29, 0.717) is 18.9 Å². The first-order chi connectivity index (χ1) is 9.51. The summed E-state index contributed by atoms with van der Waals surface area (Å²) >= 11 is 0. The van der Waals surface area contributed by atoms with E-state index in [4.69, 9.17) is 10.7 Å². The van der Waals surface area contributed by atoms with Crippen LogP contribution < -0.4 is 0 Å². The number of rotatable bonds is 2.